The summed E-state index contributed by atoms with van der Waals surface area (Å²) in [5, 5.41) is 21.1. The molecule has 2 nitrogen and oxygen atoms in total. The van der Waals surface area contributed by atoms with Gasteiger partial charge in [-0.3, -0.25) is 0 Å². The molecule has 0 amide bonds. The minimum atomic E-state index is -0.494. The molecule has 0 saturated heterocycles. The molecule has 23 heavy (non-hydrogen) atoms. The summed E-state index contributed by atoms with van der Waals surface area (Å²) < 4.78 is 0. The van der Waals surface area contributed by atoms with Crippen LogP contribution in [0.1, 0.15) is 65.7 Å². The molecule has 0 aromatic heterocycles. The predicted molar refractivity (Wildman–Crippen MR) is 92.9 cm³/mol. The van der Waals surface area contributed by atoms with Crippen molar-refractivity contribution in [1.29, 1.82) is 0 Å². The maximum atomic E-state index is 11.0. The maximum absolute atomic E-state index is 11.0. The summed E-state index contributed by atoms with van der Waals surface area (Å²) in [5.41, 5.74) is 2.26. The van der Waals surface area contributed by atoms with E-state index in [-0.39, 0.29) is 10.8 Å². The Morgan fingerprint density at radius 2 is 1.78 bits per heavy atom. The van der Waals surface area contributed by atoms with Crippen molar-refractivity contribution in [3.63, 3.8) is 0 Å². The van der Waals surface area contributed by atoms with Gasteiger partial charge in [0.1, 0.15) is 0 Å². The third-order valence-corrected chi connectivity index (χ3v) is 8.67. The monoisotopic (exact) mass is 316 g/mol. The Balaban J connectivity index is 1.70. The van der Waals surface area contributed by atoms with E-state index in [0.717, 1.165) is 37.2 Å². The zero-order valence-corrected chi connectivity index (χ0v) is 14.9. The van der Waals surface area contributed by atoms with Crippen molar-refractivity contribution < 1.29 is 10.2 Å². The zero-order chi connectivity index (χ0) is 16.6. The van der Waals surface area contributed by atoms with Crippen molar-refractivity contribution in [2.45, 2.75) is 77.4 Å². The highest BCUT2D eigenvalue weighted by atomic mass is 16.3. The van der Waals surface area contributed by atoms with Crippen LogP contribution in [0.4, 0.5) is 0 Å². The molecule has 3 fully saturated rings. The Labute approximate surface area is 140 Å². The molecule has 0 aromatic rings. The number of hydrogen-bond donors (Lipinski definition) is 2. The van der Waals surface area contributed by atoms with Crippen LogP contribution in [-0.4, -0.2) is 21.9 Å². The molecule has 4 aliphatic carbocycles. The van der Waals surface area contributed by atoms with Crippen LogP contribution in [0.15, 0.2) is 23.8 Å². The second-order valence-electron chi connectivity index (χ2n) is 9.57. The average molecular weight is 316 g/mol. The van der Waals surface area contributed by atoms with Crippen LogP contribution in [0.25, 0.3) is 0 Å². The molecular weight excluding hydrogens is 284 g/mol. The van der Waals surface area contributed by atoms with Crippen LogP contribution >= 0.6 is 0 Å². The minimum absolute atomic E-state index is 0.0942. The fraction of sp³-hybridized carbons (Fsp3) is 0.810. The maximum Gasteiger partial charge on any atom is 0.0932 e. The third kappa shape index (κ3) is 1.94. The van der Waals surface area contributed by atoms with E-state index in [1.807, 2.05) is 0 Å². The highest BCUT2D eigenvalue weighted by Gasteiger charge is 2.62. The Bertz CT molecular complexity index is 574. The van der Waals surface area contributed by atoms with Crippen LogP contribution < -0.4 is 0 Å². The van der Waals surface area contributed by atoms with Crippen molar-refractivity contribution >= 4 is 0 Å². The Kier molecular flexibility index (Phi) is 3.27. The normalized spacial score (nSPS) is 55.7. The Hall–Kier alpha value is -0.600. The molecule has 2 heteroatoms. The van der Waals surface area contributed by atoms with Gasteiger partial charge in [0, 0.05) is 0 Å². The molecule has 0 aromatic carbocycles. The van der Waals surface area contributed by atoms with Crippen LogP contribution in [0, 0.1) is 28.6 Å². The number of rotatable bonds is 0. The van der Waals surface area contributed by atoms with Gasteiger partial charge >= 0.3 is 0 Å². The standard InChI is InChI=1S/C21H32O2/c1-13-12-19(2)14(11-18(13)22)5-6-15-16(19)7-9-20(3)17(15)8-10-21(20,4)23/h11,15-18,22-23H,1,5-10,12H2,2-4H3/t15-,16+,17+,18-,19+,20+,21+/m1/s1. The molecule has 0 unspecified atom stereocenters. The van der Waals surface area contributed by atoms with Crippen LogP contribution in [0.2, 0.25) is 0 Å². The lowest BCUT2D eigenvalue weighted by molar-refractivity contribution is -0.117. The fourth-order valence-corrected chi connectivity index (χ4v) is 6.97. The molecule has 0 bridgehead atoms. The van der Waals surface area contributed by atoms with Crippen molar-refractivity contribution in [2.24, 2.45) is 28.6 Å². The second-order valence-corrected chi connectivity index (χ2v) is 9.57. The molecule has 7 atom stereocenters. The second kappa shape index (κ2) is 4.73. The smallest absolute Gasteiger partial charge is 0.0932 e. The summed E-state index contributed by atoms with van der Waals surface area (Å²) in [7, 11) is 0. The lowest BCUT2D eigenvalue weighted by Crippen LogP contribution is -2.54. The molecular formula is C21H32O2. The van der Waals surface area contributed by atoms with Crippen LogP contribution in [0.5, 0.6) is 0 Å². The van der Waals surface area contributed by atoms with Gasteiger partial charge in [0.05, 0.1) is 11.7 Å². The molecule has 128 valence electrons. The van der Waals surface area contributed by atoms with E-state index in [1.54, 1.807) is 0 Å². The molecule has 2 N–H and O–H groups in total. The fourth-order valence-electron chi connectivity index (χ4n) is 6.97. The van der Waals surface area contributed by atoms with Gasteiger partial charge < -0.3 is 10.2 Å². The van der Waals surface area contributed by atoms with E-state index in [2.05, 4.69) is 33.4 Å². The molecule has 0 heterocycles. The molecule has 0 spiro atoms. The van der Waals surface area contributed by atoms with Gasteiger partial charge in [-0.05, 0) is 86.0 Å². The predicted octanol–water partition coefficient (Wildman–Crippen LogP) is 4.23. The molecule has 4 rings (SSSR count). The summed E-state index contributed by atoms with van der Waals surface area (Å²) in [6.45, 7) is 11.0. The van der Waals surface area contributed by atoms with Crippen LogP contribution in [0.3, 0.4) is 0 Å². The van der Waals surface area contributed by atoms with Crippen molar-refractivity contribution in [1.82, 2.24) is 0 Å². The highest BCUT2D eigenvalue weighted by molar-refractivity contribution is 5.33. The first-order valence-electron chi connectivity index (χ1n) is 9.48. The average Bonchev–Trinajstić information content (AvgIpc) is 2.71. The molecule has 4 aliphatic rings. The van der Waals surface area contributed by atoms with Gasteiger partial charge in [0.15, 0.2) is 0 Å². The summed E-state index contributed by atoms with van der Waals surface area (Å²) >= 11 is 0. The Morgan fingerprint density at radius 3 is 2.52 bits per heavy atom. The lowest BCUT2D eigenvalue weighted by atomic mass is 9.46. The minimum Gasteiger partial charge on any atom is -0.390 e. The highest BCUT2D eigenvalue weighted by Crippen LogP contribution is 2.67. The largest absolute Gasteiger partial charge is 0.390 e. The number of aliphatic hydroxyl groups is 2. The quantitative estimate of drug-likeness (QED) is 0.657. The van der Waals surface area contributed by atoms with E-state index >= 15 is 0 Å². The number of fused-ring (bicyclic) bond motifs is 5. The van der Waals surface area contributed by atoms with Crippen LogP contribution in [-0.2, 0) is 0 Å². The SMILES string of the molecule is C=C1C[C@@]2(C)C(=C[C@H]1O)CC[C@@H]1[C@@H]2CC[C@@]2(C)[C@H]1CC[C@]2(C)O. The molecule has 0 aliphatic heterocycles. The van der Waals surface area contributed by atoms with Crippen molar-refractivity contribution in [2.75, 3.05) is 0 Å². The van der Waals surface area contributed by atoms with Crippen molar-refractivity contribution in [3.05, 3.63) is 23.8 Å². The van der Waals surface area contributed by atoms with E-state index < -0.39 is 11.7 Å². The van der Waals surface area contributed by atoms with Gasteiger partial charge in [-0.2, -0.15) is 0 Å². The number of aliphatic hydroxyl groups excluding tert-OH is 1. The van der Waals surface area contributed by atoms with Gasteiger partial charge in [0.25, 0.3) is 0 Å². The first kappa shape index (κ1) is 15.9. The summed E-state index contributed by atoms with van der Waals surface area (Å²) in [4.78, 5) is 0. The van der Waals surface area contributed by atoms with Gasteiger partial charge in [0.2, 0.25) is 0 Å². The summed E-state index contributed by atoms with van der Waals surface area (Å²) in [6, 6.07) is 0. The first-order chi connectivity index (χ1) is 10.7. The van der Waals surface area contributed by atoms with Crippen molar-refractivity contribution in [3.8, 4) is 0 Å². The summed E-state index contributed by atoms with van der Waals surface area (Å²) in [6.07, 6.45) is 9.47. The van der Waals surface area contributed by atoms with E-state index in [4.69, 9.17) is 0 Å². The lowest BCUT2D eigenvalue weighted by Gasteiger charge is -2.59. The van der Waals surface area contributed by atoms with E-state index in [1.165, 1.54) is 24.8 Å². The molecule has 0 radical (unpaired) electrons. The molecule has 3 saturated carbocycles. The Morgan fingerprint density at radius 1 is 1.09 bits per heavy atom. The van der Waals surface area contributed by atoms with E-state index in [9.17, 15) is 10.2 Å². The third-order valence-electron chi connectivity index (χ3n) is 8.67. The van der Waals surface area contributed by atoms with Gasteiger partial charge in [-0.1, -0.05) is 32.1 Å². The zero-order valence-electron chi connectivity index (χ0n) is 14.9. The number of allylic oxidation sites excluding steroid dienone is 1. The van der Waals surface area contributed by atoms with Gasteiger partial charge in [-0.15, -0.1) is 0 Å². The van der Waals surface area contributed by atoms with E-state index in [0.29, 0.717) is 11.8 Å². The summed E-state index contributed by atoms with van der Waals surface area (Å²) in [5.74, 6) is 2.08. The topological polar surface area (TPSA) is 40.5 Å². The van der Waals surface area contributed by atoms with Gasteiger partial charge in [-0.25, -0.2) is 0 Å². The number of hydrogen-bond acceptors (Lipinski definition) is 2. The first-order valence-corrected chi connectivity index (χ1v) is 9.48.